The lowest BCUT2D eigenvalue weighted by Crippen LogP contribution is -2.56. The molecule has 354 valence electrons. The summed E-state index contributed by atoms with van der Waals surface area (Å²) in [7, 11) is 1.56. The fourth-order valence-electron chi connectivity index (χ4n) is 8.93. The minimum atomic E-state index is -1.53. The quantitative estimate of drug-likeness (QED) is 0.0898. The van der Waals surface area contributed by atoms with Crippen LogP contribution in [0, 0.1) is 11.3 Å². The number of ether oxygens (including phenoxy) is 3. The van der Waals surface area contributed by atoms with E-state index in [9.17, 15) is 33.9 Å². The molecule has 6 atom stereocenters. The molecule has 2 fully saturated rings. The maximum Gasteiger partial charge on any atom is 0.408 e. The highest BCUT2D eigenvalue weighted by Crippen LogP contribution is 2.46. The summed E-state index contributed by atoms with van der Waals surface area (Å²) in [5.41, 5.74) is -0.0342. The van der Waals surface area contributed by atoms with E-state index in [1.165, 1.54) is 16.2 Å². The van der Waals surface area contributed by atoms with Crippen molar-refractivity contribution in [1.29, 1.82) is 0 Å². The normalized spacial score (nSPS) is 24.2. The summed E-state index contributed by atoms with van der Waals surface area (Å²) >= 11 is 1.44. The van der Waals surface area contributed by atoms with E-state index in [-0.39, 0.29) is 49.5 Å². The molecule has 2 unspecified atom stereocenters. The minimum absolute atomic E-state index is 0.00574. The topological polar surface area (TPSA) is 219 Å². The number of methoxy groups -OCH3 is 1. The van der Waals surface area contributed by atoms with E-state index in [4.69, 9.17) is 24.2 Å². The highest BCUT2D eigenvalue weighted by Gasteiger charge is 2.61. The zero-order chi connectivity index (χ0) is 47.8. The number of benzene rings is 2. The van der Waals surface area contributed by atoms with Crippen molar-refractivity contribution in [2.75, 3.05) is 25.5 Å². The van der Waals surface area contributed by atoms with Gasteiger partial charge >= 0.3 is 12.1 Å². The molecule has 1 saturated carbocycles. The van der Waals surface area contributed by atoms with Crippen molar-refractivity contribution in [3.05, 3.63) is 77.2 Å². The molecule has 4 N–H and O–H groups in total. The first-order valence-electron chi connectivity index (χ1n) is 22.8. The Morgan fingerprint density at radius 1 is 1.00 bits per heavy atom. The molecule has 2 aromatic heterocycles. The van der Waals surface area contributed by atoms with Gasteiger partial charge in [-0.15, -0.1) is 11.3 Å². The number of alkyl carbamates (subject to hydrolysis) is 1. The number of pyridine rings is 1. The number of nitrogens with one attached hydrogen (secondary N) is 3. The number of aromatic nitrogens is 2. The molecule has 1 saturated heterocycles. The molecule has 5 amide bonds. The maximum atomic E-state index is 15.0. The second-order valence-electron chi connectivity index (χ2n) is 19.1. The Hall–Kier alpha value is -6.56. The highest BCUT2D eigenvalue weighted by atomic mass is 32.1. The van der Waals surface area contributed by atoms with Crippen LogP contribution in [0.2, 0.25) is 0 Å². The van der Waals surface area contributed by atoms with Crippen molar-refractivity contribution in [3.63, 3.8) is 0 Å². The van der Waals surface area contributed by atoms with E-state index >= 15 is 0 Å². The number of carboxylic acid groups (broad SMARTS) is 1. The molecule has 0 bridgehead atoms. The number of fused-ring (bicyclic) bond motifs is 4. The molecule has 17 nitrogen and oxygen atoms in total. The molecule has 2 aromatic carbocycles. The Labute approximate surface area is 392 Å². The largest absolute Gasteiger partial charge is 0.497 e. The molecule has 3 aliphatic heterocycles. The standard InChI is InChI=1S/C49H57N7O10S/c1-27(2)50-46-52-37(26-67-46)36-22-39(33-19-18-29(64-6)20-35(33)51-36)65-30-21-38-41(57)54-49(45(61)62)23-28(49)14-10-8-7-9-11-17-34(44(60)55(38)24-30)53-47(63)66-40(48(3,4)5)25-56-42(58)31-15-12-13-16-32(31)43(56)59/h10,12-16,18-20,22,26-28,30,34,38,40H,7-9,11,17,21,23-25H2,1-6H3,(H,50,52)(H,53,63)(H,54,57)(H,61,62)/b14-10-/t28?,30-,34+,38+,40?,49-/m1/s1. The maximum absolute atomic E-state index is 15.0. The summed E-state index contributed by atoms with van der Waals surface area (Å²) in [4.78, 5) is 94.9. The van der Waals surface area contributed by atoms with Crippen LogP contribution < -0.4 is 25.4 Å². The zero-order valence-corrected chi connectivity index (χ0v) is 39.3. The van der Waals surface area contributed by atoms with Crippen molar-refractivity contribution in [2.45, 2.75) is 115 Å². The number of carbonyl (C=O) groups is 6. The van der Waals surface area contributed by atoms with E-state index in [0.717, 1.165) is 16.5 Å². The number of carboxylic acids is 1. The predicted octanol–water partition coefficient (Wildman–Crippen LogP) is 6.82. The number of hydrogen-bond donors (Lipinski definition) is 4. The van der Waals surface area contributed by atoms with Crippen LogP contribution in [0.15, 0.2) is 66.1 Å². The Kier molecular flexibility index (Phi) is 13.3. The van der Waals surface area contributed by atoms with Gasteiger partial charge in [0.25, 0.3) is 11.8 Å². The van der Waals surface area contributed by atoms with Gasteiger partial charge in [-0.3, -0.25) is 24.1 Å². The van der Waals surface area contributed by atoms with E-state index < -0.39 is 76.9 Å². The van der Waals surface area contributed by atoms with E-state index in [1.807, 2.05) is 58.2 Å². The van der Waals surface area contributed by atoms with Gasteiger partial charge in [-0.1, -0.05) is 57.9 Å². The van der Waals surface area contributed by atoms with E-state index in [1.54, 1.807) is 49.6 Å². The van der Waals surface area contributed by atoms with Crippen LogP contribution in [0.25, 0.3) is 22.3 Å². The van der Waals surface area contributed by atoms with Gasteiger partial charge in [0.05, 0.1) is 42.5 Å². The third kappa shape index (κ3) is 9.94. The molecule has 4 aliphatic rings. The number of anilines is 1. The summed E-state index contributed by atoms with van der Waals surface area (Å²) in [6.45, 7) is 9.20. The van der Waals surface area contributed by atoms with Crippen LogP contribution >= 0.6 is 11.3 Å². The zero-order valence-electron chi connectivity index (χ0n) is 38.5. The van der Waals surface area contributed by atoms with Crippen LogP contribution in [0.3, 0.4) is 0 Å². The van der Waals surface area contributed by atoms with E-state index in [0.29, 0.717) is 53.1 Å². The number of amides is 5. The van der Waals surface area contributed by atoms with Crippen LogP contribution in [0.5, 0.6) is 11.5 Å². The van der Waals surface area contributed by atoms with Crippen LogP contribution in [-0.4, -0.2) is 117 Å². The summed E-state index contributed by atoms with van der Waals surface area (Å²) in [6, 6.07) is 11.5. The van der Waals surface area contributed by atoms with Gasteiger partial charge in [0.15, 0.2) is 5.13 Å². The van der Waals surface area contributed by atoms with Gasteiger partial charge in [0, 0.05) is 46.7 Å². The smallest absolute Gasteiger partial charge is 0.408 e. The number of hydrogen-bond acceptors (Lipinski definition) is 13. The first-order valence-corrected chi connectivity index (χ1v) is 23.7. The molecule has 4 aromatic rings. The second-order valence-corrected chi connectivity index (χ2v) is 19.9. The van der Waals surface area contributed by atoms with Crippen LogP contribution in [0.4, 0.5) is 9.93 Å². The lowest BCUT2D eigenvalue weighted by Gasteiger charge is -2.34. The number of carbonyl (C=O) groups excluding carboxylic acids is 5. The Bertz CT molecular complexity index is 2590. The van der Waals surface area contributed by atoms with Gasteiger partial charge in [0.2, 0.25) is 11.8 Å². The van der Waals surface area contributed by atoms with Crippen LogP contribution in [-0.2, 0) is 19.1 Å². The van der Waals surface area contributed by atoms with Crippen molar-refractivity contribution in [3.8, 4) is 22.9 Å². The summed E-state index contributed by atoms with van der Waals surface area (Å²) < 4.78 is 18.3. The third-order valence-corrected chi connectivity index (χ3v) is 13.6. The molecule has 1 aliphatic carbocycles. The fourth-order valence-corrected chi connectivity index (χ4v) is 9.78. The summed E-state index contributed by atoms with van der Waals surface area (Å²) in [5.74, 6) is -2.79. The van der Waals surface area contributed by atoms with Gasteiger partial charge < -0.3 is 40.2 Å². The summed E-state index contributed by atoms with van der Waals surface area (Å²) in [6.07, 6.45) is 4.18. The lowest BCUT2D eigenvalue weighted by molar-refractivity contribution is -0.145. The van der Waals surface area contributed by atoms with Crippen LogP contribution in [0.1, 0.15) is 100 Å². The Morgan fingerprint density at radius 3 is 2.43 bits per heavy atom. The van der Waals surface area contributed by atoms with Crippen molar-refractivity contribution in [1.82, 2.24) is 30.4 Å². The van der Waals surface area contributed by atoms with Gasteiger partial charge in [-0.25, -0.2) is 19.6 Å². The predicted molar refractivity (Wildman–Crippen MR) is 250 cm³/mol. The minimum Gasteiger partial charge on any atom is -0.497 e. The van der Waals surface area contributed by atoms with Gasteiger partial charge in [-0.2, -0.15) is 0 Å². The van der Waals surface area contributed by atoms with Crippen molar-refractivity contribution in [2.24, 2.45) is 11.3 Å². The Morgan fingerprint density at radius 2 is 1.75 bits per heavy atom. The fraction of sp³-hybridized carbons (Fsp3) is 0.469. The molecule has 18 heteroatoms. The highest BCUT2D eigenvalue weighted by molar-refractivity contribution is 7.14. The molecule has 8 rings (SSSR count). The molecule has 0 radical (unpaired) electrons. The first kappa shape index (κ1) is 47.0. The number of nitrogens with zero attached hydrogens (tertiary/aromatic N) is 4. The third-order valence-electron chi connectivity index (χ3n) is 12.8. The average Bonchev–Trinajstić information content (AvgIpc) is 3.51. The molecule has 67 heavy (non-hydrogen) atoms. The summed E-state index contributed by atoms with van der Waals surface area (Å²) in [5, 5.41) is 22.6. The number of imide groups is 1. The SMILES string of the molecule is COc1ccc2c(O[C@@H]3C[C@H]4C(=O)N[C@]5(C(=O)O)CC5/C=C\CCCCC[C@H](NC(=O)OC(CN5C(=O)c6ccccc6C5=O)C(C)(C)C)C(=O)N4C3)cc(-c3csc(NC(C)C)n3)nc2c1. The number of allylic oxidation sites excluding steroid dienone is 1. The molecule has 0 spiro atoms. The monoisotopic (exact) mass is 935 g/mol. The molecular formula is C49H57N7O10S. The van der Waals surface area contributed by atoms with Crippen molar-refractivity contribution >= 4 is 63.1 Å². The molecular weight excluding hydrogens is 879 g/mol. The first-order chi connectivity index (χ1) is 31.9. The second kappa shape index (κ2) is 19.0. The number of aliphatic carboxylic acids is 1. The average molecular weight is 936 g/mol. The molecule has 5 heterocycles. The number of thiazole rings is 1. The van der Waals surface area contributed by atoms with E-state index in [2.05, 4.69) is 16.0 Å². The Balaban J connectivity index is 1.08. The van der Waals surface area contributed by atoms with Gasteiger partial charge in [0.1, 0.15) is 47.0 Å². The number of rotatable bonds is 11. The van der Waals surface area contributed by atoms with Crippen molar-refractivity contribution < 1.29 is 48.1 Å². The van der Waals surface area contributed by atoms with Gasteiger partial charge in [-0.05, 0) is 63.8 Å². The lowest BCUT2D eigenvalue weighted by atomic mass is 9.88.